The topological polar surface area (TPSA) is 36.4 Å². The summed E-state index contributed by atoms with van der Waals surface area (Å²) in [7, 11) is 3.99. The largest absolute Gasteiger partial charge is 0.395 e. The molecule has 0 atom stereocenters. The zero-order valence-corrected chi connectivity index (χ0v) is 9.47. The maximum atomic E-state index is 9.40. The van der Waals surface area contributed by atoms with E-state index in [0.29, 0.717) is 0 Å². The van der Waals surface area contributed by atoms with Crippen molar-refractivity contribution in [2.24, 2.45) is 0 Å². The molecule has 0 bridgehead atoms. The van der Waals surface area contributed by atoms with Crippen molar-refractivity contribution >= 4 is 16.5 Å². The maximum Gasteiger partial charge on any atom is 0.184 e. The highest BCUT2D eigenvalue weighted by Crippen LogP contribution is 2.46. The third-order valence-electron chi connectivity index (χ3n) is 3.01. The predicted octanol–water partition coefficient (Wildman–Crippen LogP) is 1.62. The van der Waals surface area contributed by atoms with Crippen molar-refractivity contribution in [3.8, 4) is 0 Å². The van der Waals surface area contributed by atoms with Crippen LogP contribution >= 0.6 is 11.3 Å². The van der Waals surface area contributed by atoms with Gasteiger partial charge in [0.25, 0.3) is 0 Å². The Labute approximate surface area is 88.4 Å². The number of thiazole rings is 1. The Bertz CT molecular complexity index is 312. The standard InChI is InChI=1S/C10H16N2OS/c1-12(2)9-11-6-8(14-9)10(7-13)4-3-5-10/h6,13H,3-5,7H2,1-2H3. The molecule has 1 aromatic rings. The summed E-state index contributed by atoms with van der Waals surface area (Å²) in [5.74, 6) is 0. The van der Waals surface area contributed by atoms with Crippen molar-refractivity contribution < 1.29 is 5.11 Å². The average Bonchev–Trinajstić information content (AvgIpc) is 2.52. The Morgan fingerprint density at radius 1 is 1.57 bits per heavy atom. The molecule has 1 aliphatic carbocycles. The number of anilines is 1. The molecule has 1 N–H and O–H groups in total. The average molecular weight is 212 g/mol. The molecule has 1 fully saturated rings. The number of aromatic nitrogens is 1. The molecule has 0 unspecified atom stereocenters. The fourth-order valence-electron chi connectivity index (χ4n) is 1.80. The Morgan fingerprint density at radius 2 is 2.29 bits per heavy atom. The van der Waals surface area contributed by atoms with Crippen LogP contribution in [0.3, 0.4) is 0 Å². The van der Waals surface area contributed by atoms with Gasteiger partial charge < -0.3 is 10.0 Å². The molecule has 1 heterocycles. The lowest BCUT2D eigenvalue weighted by atomic mass is 9.69. The summed E-state index contributed by atoms with van der Waals surface area (Å²) < 4.78 is 0. The summed E-state index contributed by atoms with van der Waals surface area (Å²) in [5.41, 5.74) is 0.0475. The van der Waals surface area contributed by atoms with Gasteiger partial charge in [0.2, 0.25) is 0 Å². The summed E-state index contributed by atoms with van der Waals surface area (Å²) >= 11 is 1.70. The van der Waals surface area contributed by atoms with Gasteiger partial charge in [-0.25, -0.2) is 4.98 Å². The Balaban J connectivity index is 2.23. The molecule has 0 spiro atoms. The van der Waals surface area contributed by atoms with E-state index >= 15 is 0 Å². The fraction of sp³-hybridized carbons (Fsp3) is 0.700. The smallest absolute Gasteiger partial charge is 0.184 e. The van der Waals surface area contributed by atoms with Gasteiger partial charge in [-0.3, -0.25) is 0 Å². The van der Waals surface area contributed by atoms with E-state index in [9.17, 15) is 5.11 Å². The van der Waals surface area contributed by atoms with Crippen LogP contribution in [0.4, 0.5) is 5.13 Å². The minimum absolute atomic E-state index is 0.0475. The first-order valence-electron chi connectivity index (χ1n) is 4.92. The highest BCUT2D eigenvalue weighted by molar-refractivity contribution is 7.15. The Kier molecular flexibility index (Phi) is 2.49. The van der Waals surface area contributed by atoms with Gasteiger partial charge in [-0.2, -0.15) is 0 Å². The third-order valence-corrected chi connectivity index (χ3v) is 4.42. The first-order chi connectivity index (χ1) is 6.68. The van der Waals surface area contributed by atoms with E-state index in [-0.39, 0.29) is 12.0 Å². The van der Waals surface area contributed by atoms with Crippen LogP contribution in [0.25, 0.3) is 0 Å². The minimum Gasteiger partial charge on any atom is -0.395 e. The quantitative estimate of drug-likeness (QED) is 0.827. The van der Waals surface area contributed by atoms with Crippen LogP contribution in [-0.4, -0.2) is 30.8 Å². The van der Waals surface area contributed by atoms with Gasteiger partial charge in [0.05, 0.1) is 6.61 Å². The van der Waals surface area contributed by atoms with Crippen LogP contribution in [0, 0.1) is 0 Å². The Hall–Kier alpha value is -0.610. The van der Waals surface area contributed by atoms with Crippen LogP contribution in [0.1, 0.15) is 24.1 Å². The molecule has 1 aromatic heterocycles. The fourth-order valence-corrected chi connectivity index (χ4v) is 2.88. The zero-order valence-electron chi connectivity index (χ0n) is 8.66. The number of nitrogens with zero attached hydrogens (tertiary/aromatic N) is 2. The van der Waals surface area contributed by atoms with Crippen molar-refractivity contribution in [1.29, 1.82) is 0 Å². The molecular formula is C10H16N2OS. The lowest BCUT2D eigenvalue weighted by molar-refractivity contribution is 0.123. The van der Waals surface area contributed by atoms with Gasteiger partial charge >= 0.3 is 0 Å². The van der Waals surface area contributed by atoms with Gasteiger partial charge in [-0.05, 0) is 12.8 Å². The van der Waals surface area contributed by atoms with Crippen molar-refractivity contribution in [2.75, 3.05) is 25.6 Å². The molecular weight excluding hydrogens is 196 g/mol. The summed E-state index contributed by atoms with van der Waals surface area (Å²) in [6.07, 6.45) is 5.38. The van der Waals surface area contributed by atoms with Crippen LogP contribution in [-0.2, 0) is 5.41 Å². The molecule has 2 rings (SSSR count). The molecule has 0 amide bonds. The predicted molar refractivity (Wildman–Crippen MR) is 59.1 cm³/mol. The van der Waals surface area contributed by atoms with Crippen molar-refractivity contribution in [3.05, 3.63) is 11.1 Å². The molecule has 78 valence electrons. The van der Waals surface area contributed by atoms with E-state index < -0.39 is 0 Å². The molecule has 4 heteroatoms. The van der Waals surface area contributed by atoms with Crippen molar-refractivity contribution in [2.45, 2.75) is 24.7 Å². The van der Waals surface area contributed by atoms with E-state index in [4.69, 9.17) is 0 Å². The van der Waals surface area contributed by atoms with E-state index in [1.165, 1.54) is 11.3 Å². The summed E-state index contributed by atoms with van der Waals surface area (Å²) in [5, 5.41) is 10.4. The van der Waals surface area contributed by atoms with Gasteiger partial charge in [-0.15, -0.1) is 11.3 Å². The lowest BCUT2D eigenvalue weighted by Gasteiger charge is -2.39. The zero-order chi connectivity index (χ0) is 10.2. The summed E-state index contributed by atoms with van der Waals surface area (Å²) in [6.45, 7) is 0.266. The van der Waals surface area contributed by atoms with E-state index in [1.807, 2.05) is 25.2 Å². The second-order valence-corrected chi connectivity index (χ2v) is 5.20. The lowest BCUT2D eigenvalue weighted by Crippen LogP contribution is -2.37. The SMILES string of the molecule is CN(C)c1ncc(C2(CO)CCC2)s1. The molecule has 0 aromatic carbocycles. The minimum atomic E-state index is 0.0475. The van der Waals surface area contributed by atoms with Gasteiger partial charge in [0.1, 0.15) is 0 Å². The Morgan fingerprint density at radius 3 is 2.64 bits per heavy atom. The monoisotopic (exact) mass is 212 g/mol. The normalized spacial score (nSPS) is 19.1. The number of hydrogen-bond donors (Lipinski definition) is 1. The van der Waals surface area contributed by atoms with Crippen LogP contribution in [0.2, 0.25) is 0 Å². The van der Waals surface area contributed by atoms with Crippen molar-refractivity contribution in [1.82, 2.24) is 4.98 Å². The van der Waals surface area contributed by atoms with E-state index in [2.05, 4.69) is 4.98 Å². The highest BCUT2D eigenvalue weighted by atomic mass is 32.1. The molecule has 0 aliphatic heterocycles. The van der Waals surface area contributed by atoms with Crippen LogP contribution < -0.4 is 4.90 Å². The van der Waals surface area contributed by atoms with Crippen LogP contribution in [0.5, 0.6) is 0 Å². The summed E-state index contributed by atoms with van der Waals surface area (Å²) in [4.78, 5) is 7.60. The number of rotatable bonds is 3. The molecule has 1 saturated carbocycles. The molecule has 14 heavy (non-hydrogen) atoms. The second kappa shape index (κ2) is 3.51. The number of aliphatic hydroxyl groups excluding tert-OH is 1. The van der Waals surface area contributed by atoms with E-state index in [1.54, 1.807) is 11.3 Å². The maximum absolute atomic E-state index is 9.40. The van der Waals surface area contributed by atoms with Gasteiger partial charge in [0, 0.05) is 30.6 Å². The van der Waals surface area contributed by atoms with Crippen molar-refractivity contribution in [3.63, 3.8) is 0 Å². The highest BCUT2D eigenvalue weighted by Gasteiger charge is 2.39. The van der Waals surface area contributed by atoms with Gasteiger partial charge in [-0.1, -0.05) is 6.42 Å². The number of aliphatic hydroxyl groups is 1. The molecule has 1 aliphatic rings. The van der Waals surface area contributed by atoms with Crippen LogP contribution in [0.15, 0.2) is 6.20 Å². The molecule has 0 radical (unpaired) electrons. The first kappa shape index (κ1) is 9.93. The number of hydrogen-bond acceptors (Lipinski definition) is 4. The molecule has 0 saturated heterocycles. The molecule has 3 nitrogen and oxygen atoms in total. The second-order valence-electron chi connectivity index (χ2n) is 4.19. The third kappa shape index (κ3) is 1.42. The first-order valence-corrected chi connectivity index (χ1v) is 5.74. The van der Waals surface area contributed by atoms with E-state index in [0.717, 1.165) is 18.0 Å². The summed E-state index contributed by atoms with van der Waals surface area (Å²) in [6, 6.07) is 0. The van der Waals surface area contributed by atoms with Gasteiger partial charge in [0.15, 0.2) is 5.13 Å².